The van der Waals surface area contributed by atoms with Gasteiger partial charge in [-0.25, -0.2) is 0 Å². The molecule has 0 aromatic carbocycles. The smallest absolute Gasteiger partial charge is 0.303 e. The molecule has 0 aliphatic heterocycles. The lowest BCUT2D eigenvalue weighted by atomic mass is 10.1. The van der Waals surface area contributed by atoms with E-state index >= 15 is 0 Å². The average Bonchev–Trinajstić information content (AvgIpc) is 2.00. The molecule has 0 fully saturated rings. The molecular weight excluding hydrogens is 156 g/mol. The number of aliphatic hydroxyl groups is 1. The summed E-state index contributed by atoms with van der Waals surface area (Å²) in [6.07, 6.45) is 3.97. The van der Waals surface area contributed by atoms with Gasteiger partial charge in [-0.1, -0.05) is 19.8 Å². The van der Waals surface area contributed by atoms with Gasteiger partial charge >= 0.3 is 5.97 Å². The van der Waals surface area contributed by atoms with Gasteiger partial charge in [-0.15, -0.1) is 0 Å². The van der Waals surface area contributed by atoms with E-state index in [0.717, 1.165) is 19.3 Å². The first-order valence-corrected chi connectivity index (χ1v) is 4.56. The van der Waals surface area contributed by atoms with Crippen LogP contribution < -0.4 is 0 Å². The second-order valence-corrected chi connectivity index (χ2v) is 3.08. The van der Waals surface area contributed by atoms with Gasteiger partial charge in [0, 0.05) is 6.42 Å². The highest BCUT2D eigenvalue weighted by atomic mass is 16.4. The minimum atomic E-state index is -0.780. The van der Waals surface area contributed by atoms with Gasteiger partial charge in [0.15, 0.2) is 0 Å². The molecule has 0 unspecified atom stereocenters. The minimum absolute atomic E-state index is 0.170. The van der Waals surface area contributed by atoms with Gasteiger partial charge in [0.1, 0.15) is 0 Å². The molecule has 0 aliphatic rings. The summed E-state index contributed by atoms with van der Waals surface area (Å²) in [7, 11) is 0. The van der Waals surface area contributed by atoms with Crippen molar-refractivity contribution in [1.29, 1.82) is 0 Å². The molecule has 0 spiro atoms. The quantitative estimate of drug-likeness (QED) is 0.618. The summed E-state index contributed by atoms with van der Waals surface area (Å²) in [5.41, 5.74) is 0. The van der Waals surface area contributed by atoms with Crippen molar-refractivity contribution in [3.05, 3.63) is 0 Å². The fourth-order valence-electron chi connectivity index (χ4n) is 1.07. The van der Waals surface area contributed by atoms with E-state index in [4.69, 9.17) is 5.11 Å². The van der Waals surface area contributed by atoms with Crippen molar-refractivity contribution < 1.29 is 15.0 Å². The minimum Gasteiger partial charge on any atom is -0.481 e. The molecule has 0 rings (SSSR count). The van der Waals surface area contributed by atoms with Crippen LogP contribution in [0.5, 0.6) is 0 Å². The Bertz CT molecular complexity index is 123. The Balaban J connectivity index is 3.19. The maximum atomic E-state index is 10.1. The summed E-state index contributed by atoms with van der Waals surface area (Å²) >= 11 is 0. The Labute approximate surface area is 73.4 Å². The van der Waals surface area contributed by atoms with Crippen LogP contribution in [0.1, 0.15) is 45.4 Å². The third-order valence-corrected chi connectivity index (χ3v) is 1.82. The maximum Gasteiger partial charge on any atom is 0.303 e. The highest BCUT2D eigenvalue weighted by Crippen LogP contribution is 2.07. The zero-order chi connectivity index (χ0) is 9.40. The molecule has 0 heterocycles. The van der Waals surface area contributed by atoms with Gasteiger partial charge in [-0.3, -0.25) is 4.79 Å². The first-order chi connectivity index (χ1) is 5.66. The SMILES string of the molecule is CCCC[C@@H](O)CCCC(=O)O. The number of aliphatic hydroxyl groups excluding tert-OH is 1. The molecule has 72 valence electrons. The van der Waals surface area contributed by atoms with Crippen LogP contribution in [0.3, 0.4) is 0 Å². The molecule has 0 aromatic heterocycles. The van der Waals surface area contributed by atoms with Crippen molar-refractivity contribution >= 4 is 5.97 Å². The van der Waals surface area contributed by atoms with Crippen LogP contribution in [-0.4, -0.2) is 22.3 Å². The zero-order valence-electron chi connectivity index (χ0n) is 7.62. The third kappa shape index (κ3) is 7.54. The average molecular weight is 174 g/mol. The maximum absolute atomic E-state index is 10.1. The second kappa shape index (κ2) is 7.10. The summed E-state index contributed by atoms with van der Waals surface area (Å²) < 4.78 is 0. The molecule has 0 aliphatic carbocycles. The Morgan fingerprint density at radius 1 is 1.33 bits per heavy atom. The first kappa shape index (κ1) is 11.4. The van der Waals surface area contributed by atoms with Crippen LogP contribution in [0, 0.1) is 0 Å². The molecular formula is C9H18O3. The Morgan fingerprint density at radius 3 is 2.42 bits per heavy atom. The van der Waals surface area contributed by atoms with Crippen LogP contribution in [0.25, 0.3) is 0 Å². The summed E-state index contributed by atoms with van der Waals surface area (Å²) in [5, 5.41) is 17.6. The van der Waals surface area contributed by atoms with E-state index in [0.29, 0.717) is 12.8 Å². The number of rotatable bonds is 7. The number of carboxylic acids is 1. The molecule has 0 saturated carbocycles. The molecule has 3 nitrogen and oxygen atoms in total. The highest BCUT2D eigenvalue weighted by molar-refractivity contribution is 5.66. The molecule has 0 aromatic rings. The summed E-state index contributed by atoms with van der Waals surface area (Å²) in [5.74, 6) is -0.780. The molecule has 1 atom stereocenters. The van der Waals surface area contributed by atoms with Crippen LogP contribution in [0.2, 0.25) is 0 Å². The van der Waals surface area contributed by atoms with Gasteiger partial charge in [-0.05, 0) is 19.3 Å². The van der Waals surface area contributed by atoms with E-state index in [1.165, 1.54) is 0 Å². The van der Waals surface area contributed by atoms with Crippen molar-refractivity contribution in [2.24, 2.45) is 0 Å². The molecule has 2 N–H and O–H groups in total. The molecule has 3 heteroatoms. The lowest BCUT2D eigenvalue weighted by Crippen LogP contribution is -2.07. The predicted octanol–water partition coefficient (Wildman–Crippen LogP) is 1.79. The van der Waals surface area contributed by atoms with E-state index in [1.54, 1.807) is 0 Å². The molecule has 0 amide bonds. The lowest BCUT2D eigenvalue weighted by Gasteiger charge is -2.07. The van der Waals surface area contributed by atoms with Crippen LogP contribution >= 0.6 is 0 Å². The van der Waals surface area contributed by atoms with Gasteiger partial charge < -0.3 is 10.2 Å². The third-order valence-electron chi connectivity index (χ3n) is 1.82. The van der Waals surface area contributed by atoms with Crippen LogP contribution in [0.15, 0.2) is 0 Å². The first-order valence-electron chi connectivity index (χ1n) is 4.56. The Kier molecular flexibility index (Phi) is 6.76. The predicted molar refractivity (Wildman–Crippen MR) is 47.0 cm³/mol. The van der Waals surface area contributed by atoms with E-state index in [9.17, 15) is 9.90 Å². The van der Waals surface area contributed by atoms with Crippen LogP contribution in [-0.2, 0) is 4.79 Å². The fraction of sp³-hybridized carbons (Fsp3) is 0.889. The van der Waals surface area contributed by atoms with Crippen LogP contribution in [0.4, 0.5) is 0 Å². The van der Waals surface area contributed by atoms with Gasteiger partial charge in [0.2, 0.25) is 0 Å². The van der Waals surface area contributed by atoms with E-state index in [-0.39, 0.29) is 12.5 Å². The van der Waals surface area contributed by atoms with Gasteiger partial charge in [0.25, 0.3) is 0 Å². The monoisotopic (exact) mass is 174 g/mol. The van der Waals surface area contributed by atoms with Gasteiger partial charge in [-0.2, -0.15) is 0 Å². The van der Waals surface area contributed by atoms with Crippen molar-refractivity contribution in [1.82, 2.24) is 0 Å². The second-order valence-electron chi connectivity index (χ2n) is 3.08. The van der Waals surface area contributed by atoms with E-state index in [1.807, 2.05) is 0 Å². The lowest BCUT2D eigenvalue weighted by molar-refractivity contribution is -0.137. The summed E-state index contributed by atoms with van der Waals surface area (Å²) in [6, 6.07) is 0. The highest BCUT2D eigenvalue weighted by Gasteiger charge is 2.04. The topological polar surface area (TPSA) is 57.5 Å². The number of unbranched alkanes of at least 4 members (excludes halogenated alkanes) is 1. The normalized spacial score (nSPS) is 12.8. The Hall–Kier alpha value is -0.570. The van der Waals surface area contributed by atoms with E-state index in [2.05, 4.69) is 6.92 Å². The molecule has 0 radical (unpaired) electrons. The van der Waals surface area contributed by atoms with Crippen molar-refractivity contribution in [2.45, 2.75) is 51.6 Å². The summed E-state index contributed by atoms with van der Waals surface area (Å²) in [4.78, 5) is 10.1. The molecule has 0 saturated heterocycles. The molecule has 12 heavy (non-hydrogen) atoms. The van der Waals surface area contributed by atoms with Crippen molar-refractivity contribution in [3.63, 3.8) is 0 Å². The zero-order valence-corrected chi connectivity index (χ0v) is 7.62. The van der Waals surface area contributed by atoms with E-state index < -0.39 is 5.97 Å². The summed E-state index contributed by atoms with van der Waals surface area (Å²) in [6.45, 7) is 2.07. The number of hydrogen-bond donors (Lipinski definition) is 2. The number of aliphatic carboxylic acids is 1. The largest absolute Gasteiger partial charge is 0.481 e. The van der Waals surface area contributed by atoms with Gasteiger partial charge in [0.05, 0.1) is 6.10 Å². The van der Waals surface area contributed by atoms with Crippen molar-refractivity contribution in [3.8, 4) is 0 Å². The fourth-order valence-corrected chi connectivity index (χ4v) is 1.07. The Morgan fingerprint density at radius 2 is 1.92 bits per heavy atom. The number of hydrogen-bond acceptors (Lipinski definition) is 2. The standard InChI is InChI=1S/C9H18O3/c1-2-3-5-8(10)6-4-7-9(11)12/h8,10H,2-7H2,1H3,(H,11,12)/t8-/m1/s1. The number of carboxylic acid groups (broad SMARTS) is 1. The molecule has 0 bridgehead atoms. The number of carbonyl (C=O) groups is 1. The van der Waals surface area contributed by atoms with Crippen molar-refractivity contribution in [2.75, 3.05) is 0 Å².